The van der Waals surface area contributed by atoms with E-state index in [1.54, 1.807) is 18.3 Å². The van der Waals surface area contributed by atoms with Gasteiger partial charge in [-0.1, -0.05) is 18.2 Å². The second-order valence-corrected chi connectivity index (χ2v) is 8.65. The molecule has 1 aliphatic carbocycles. The highest BCUT2D eigenvalue weighted by Crippen LogP contribution is 2.33. The summed E-state index contributed by atoms with van der Waals surface area (Å²) in [6.07, 6.45) is 8.65. The number of morpholine rings is 1. The van der Waals surface area contributed by atoms with Crippen molar-refractivity contribution in [2.75, 3.05) is 26.3 Å². The monoisotopic (exact) mass is 446 g/mol. The van der Waals surface area contributed by atoms with Crippen molar-refractivity contribution in [3.05, 3.63) is 76.1 Å². The summed E-state index contributed by atoms with van der Waals surface area (Å²) in [5.41, 5.74) is 4.59. The number of benzene rings is 1. The topological polar surface area (TPSA) is 90.5 Å². The average molecular weight is 447 g/mol. The standard InChI is InChI=1S/C25H26N4O4/c30-25(27-11-13-33-14-12-27)22-17-28(23-5-2-10-26-24(22)23)16-18-6-8-19(9-7-18)20-3-1-4-21(15-20)29(31)32/h1-5,8,10,15,17-18H,6-7,9,11-14,16H2. The lowest BCUT2D eigenvalue weighted by atomic mass is 9.86. The molecule has 1 atom stereocenters. The normalized spacial score (nSPS) is 18.8. The zero-order valence-corrected chi connectivity index (χ0v) is 18.4. The summed E-state index contributed by atoms with van der Waals surface area (Å²) in [6, 6.07) is 10.8. The van der Waals surface area contributed by atoms with E-state index in [0.717, 1.165) is 48.0 Å². The number of allylic oxidation sites excluding steroid dienone is 2. The van der Waals surface area contributed by atoms with Gasteiger partial charge < -0.3 is 14.2 Å². The fourth-order valence-corrected chi connectivity index (χ4v) is 4.78. The number of aromatic nitrogens is 2. The molecule has 8 nitrogen and oxygen atoms in total. The molecule has 3 heterocycles. The lowest BCUT2D eigenvalue weighted by Gasteiger charge is -2.26. The maximum absolute atomic E-state index is 13.2. The number of amides is 1. The minimum absolute atomic E-state index is 0.0113. The van der Waals surface area contributed by atoms with E-state index in [4.69, 9.17) is 4.74 Å². The third kappa shape index (κ3) is 4.39. The van der Waals surface area contributed by atoms with Gasteiger partial charge in [-0.15, -0.1) is 0 Å². The minimum atomic E-state index is -0.351. The van der Waals surface area contributed by atoms with E-state index in [0.29, 0.717) is 37.8 Å². The lowest BCUT2D eigenvalue weighted by Crippen LogP contribution is -2.40. The summed E-state index contributed by atoms with van der Waals surface area (Å²) >= 11 is 0. The number of carbonyl (C=O) groups excluding carboxylic acids is 1. The maximum atomic E-state index is 13.2. The van der Waals surface area contributed by atoms with Crippen LogP contribution in [0, 0.1) is 16.0 Å². The van der Waals surface area contributed by atoms with Crippen LogP contribution in [-0.2, 0) is 11.3 Å². The number of nitro benzene ring substituents is 1. The van der Waals surface area contributed by atoms with Crippen molar-refractivity contribution >= 4 is 28.2 Å². The molecule has 0 N–H and O–H groups in total. The number of nitrogens with zero attached hydrogens (tertiary/aromatic N) is 4. The zero-order valence-electron chi connectivity index (χ0n) is 18.4. The molecule has 3 aromatic rings. The molecule has 0 bridgehead atoms. The Kier molecular flexibility index (Phi) is 5.92. The van der Waals surface area contributed by atoms with Crippen LogP contribution in [0.4, 0.5) is 5.69 Å². The smallest absolute Gasteiger partial charge is 0.270 e. The third-order valence-corrected chi connectivity index (χ3v) is 6.57. The van der Waals surface area contributed by atoms with Gasteiger partial charge in [-0.05, 0) is 48.4 Å². The van der Waals surface area contributed by atoms with Gasteiger partial charge in [0.25, 0.3) is 11.6 Å². The number of non-ortho nitro benzene ring substituents is 1. The molecule has 0 spiro atoms. The van der Waals surface area contributed by atoms with Gasteiger partial charge in [0.1, 0.15) is 5.52 Å². The van der Waals surface area contributed by atoms with Crippen LogP contribution < -0.4 is 0 Å². The number of carbonyl (C=O) groups is 1. The Balaban J connectivity index is 1.34. The molecule has 8 heteroatoms. The van der Waals surface area contributed by atoms with Gasteiger partial charge in [0.15, 0.2) is 0 Å². The van der Waals surface area contributed by atoms with Crippen molar-refractivity contribution in [1.29, 1.82) is 0 Å². The molecule has 1 amide bonds. The Labute approximate surface area is 191 Å². The number of fused-ring (bicyclic) bond motifs is 1. The van der Waals surface area contributed by atoms with E-state index in [1.165, 1.54) is 6.07 Å². The number of pyridine rings is 1. The molecular formula is C25H26N4O4. The average Bonchev–Trinajstić information content (AvgIpc) is 3.23. The Morgan fingerprint density at radius 2 is 2.06 bits per heavy atom. The minimum Gasteiger partial charge on any atom is -0.378 e. The van der Waals surface area contributed by atoms with Crippen LogP contribution in [0.15, 0.2) is 54.9 Å². The van der Waals surface area contributed by atoms with Crippen molar-refractivity contribution in [1.82, 2.24) is 14.5 Å². The maximum Gasteiger partial charge on any atom is 0.270 e. The van der Waals surface area contributed by atoms with Gasteiger partial charge in [-0.3, -0.25) is 19.9 Å². The van der Waals surface area contributed by atoms with E-state index >= 15 is 0 Å². The summed E-state index contributed by atoms with van der Waals surface area (Å²) in [5, 5.41) is 11.1. The second-order valence-electron chi connectivity index (χ2n) is 8.65. The van der Waals surface area contributed by atoms with Crippen LogP contribution >= 0.6 is 0 Å². The Hall–Kier alpha value is -3.52. The van der Waals surface area contributed by atoms with Crippen molar-refractivity contribution in [3.8, 4) is 0 Å². The van der Waals surface area contributed by atoms with Crippen LogP contribution in [-0.4, -0.2) is 51.6 Å². The molecule has 1 unspecified atom stereocenters. The second kappa shape index (κ2) is 9.15. The Bertz CT molecular complexity index is 1230. The molecule has 1 saturated heterocycles. The van der Waals surface area contributed by atoms with E-state index in [-0.39, 0.29) is 16.5 Å². The van der Waals surface area contributed by atoms with Crippen LogP contribution in [0.5, 0.6) is 0 Å². The molecule has 1 fully saturated rings. The highest BCUT2D eigenvalue weighted by atomic mass is 16.6. The summed E-state index contributed by atoms with van der Waals surface area (Å²) in [5.74, 6) is 0.437. The van der Waals surface area contributed by atoms with Crippen LogP contribution in [0.1, 0.15) is 35.2 Å². The number of ether oxygens (including phenoxy) is 1. The first kappa shape index (κ1) is 21.3. The largest absolute Gasteiger partial charge is 0.378 e. The lowest BCUT2D eigenvalue weighted by molar-refractivity contribution is -0.384. The van der Waals surface area contributed by atoms with Crippen molar-refractivity contribution < 1.29 is 14.5 Å². The van der Waals surface area contributed by atoms with Crippen LogP contribution in [0.2, 0.25) is 0 Å². The number of hydrogen-bond acceptors (Lipinski definition) is 5. The van der Waals surface area contributed by atoms with E-state index in [2.05, 4.69) is 15.6 Å². The summed E-state index contributed by atoms with van der Waals surface area (Å²) in [6.45, 7) is 3.15. The highest BCUT2D eigenvalue weighted by Gasteiger charge is 2.25. The summed E-state index contributed by atoms with van der Waals surface area (Å²) in [4.78, 5) is 30.3. The first-order valence-electron chi connectivity index (χ1n) is 11.3. The van der Waals surface area contributed by atoms with Crippen molar-refractivity contribution in [2.45, 2.75) is 25.8 Å². The van der Waals surface area contributed by atoms with Gasteiger partial charge in [0.05, 0.1) is 29.2 Å². The van der Waals surface area contributed by atoms with Crippen molar-refractivity contribution in [2.24, 2.45) is 5.92 Å². The van der Waals surface area contributed by atoms with E-state index in [1.807, 2.05) is 29.3 Å². The predicted octanol–water partition coefficient (Wildman–Crippen LogP) is 4.30. The van der Waals surface area contributed by atoms with E-state index < -0.39 is 0 Å². The molecule has 0 saturated carbocycles. The molecule has 1 aliphatic heterocycles. The number of hydrogen-bond donors (Lipinski definition) is 0. The SMILES string of the molecule is O=C(c1cn(CC2CC=C(c3cccc([N+](=O)[O-])c3)CC2)c2cccnc12)N1CCOCC1. The fraction of sp³-hybridized carbons (Fsp3) is 0.360. The van der Waals surface area contributed by atoms with Gasteiger partial charge in [-0.25, -0.2) is 0 Å². The van der Waals surface area contributed by atoms with E-state index in [9.17, 15) is 14.9 Å². The first-order valence-corrected chi connectivity index (χ1v) is 11.3. The van der Waals surface area contributed by atoms with Crippen LogP contribution in [0.25, 0.3) is 16.6 Å². The summed E-state index contributed by atoms with van der Waals surface area (Å²) in [7, 11) is 0. The molecule has 33 heavy (non-hydrogen) atoms. The van der Waals surface area contributed by atoms with Gasteiger partial charge in [0, 0.05) is 44.2 Å². The quantitative estimate of drug-likeness (QED) is 0.431. The molecular weight excluding hydrogens is 420 g/mol. The number of nitro groups is 1. The highest BCUT2D eigenvalue weighted by molar-refractivity contribution is 6.05. The molecule has 2 aromatic heterocycles. The predicted molar refractivity (Wildman–Crippen MR) is 125 cm³/mol. The van der Waals surface area contributed by atoms with Crippen LogP contribution in [0.3, 0.4) is 0 Å². The molecule has 170 valence electrons. The molecule has 0 radical (unpaired) electrons. The fourth-order valence-electron chi connectivity index (χ4n) is 4.78. The summed E-state index contributed by atoms with van der Waals surface area (Å²) < 4.78 is 7.54. The van der Waals surface area contributed by atoms with Gasteiger partial charge >= 0.3 is 0 Å². The first-order chi connectivity index (χ1) is 16.1. The molecule has 1 aromatic carbocycles. The number of rotatable bonds is 5. The van der Waals surface area contributed by atoms with Gasteiger partial charge in [0.2, 0.25) is 0 Å². The Morgan fingerprint density at radius 3 is 2.82 bits per heavy atom. The molecule has 5 rings (SSSR count). The zero-order chi connectivity index (χ0) is 22.8. The van der Waals surface area contributed by atoms with Gasteiger partial charge in [-0.2, -0.15) is 0 Å². The molecule has 2 aliphatic rings. The Morgan fingerprint density at radius 1 is 1.21 bits per heavy atom. The third-order valence-electron chi connectivity index (χ3n) is 6.57. The van der Waals surface area contributed by atoms with Crippen molar-refractivity contribution in [3.63, 3.8) is 0 Å².